The average molecular weight is 215 g/mol. The van der Waals surface area contributed by atoms with Gasteiger partial charge >= 0.3 is 0 Å². The zero-order valence-corrected chi connectivity index (χ0v) is 9.97. The van der Waals surface area contributed by atoms with Crippen LogP contribution in [0.15, 0.2) is 30.5 Å². The lowest BCUT2D eigenvalue weighted by Gasteiger charge is -2.13. The number of carbonyl (C=O) groups is 1. The zero-order valence-electron chi connectivity index (χ0n) is 9.97. The molecule has 0 saturated carbocycles. The maximum atomic E-state index is 10.9. The minimum absolute atomic E-state index is 0.0609. The molecule has 2 rings (SSSR count). The molecule has 84 valence electrons. The third-order valence-electron chi connectivity index (χ3n) is 3.42. The van der Waals surface area contributed by atoms with Crippen molar-refractivity contribution in [3.05, 3.63) is 36.0 Å². The van der Waals surface area contributed by atoms with Crippen molar-refractivity contribution < 1.29 is 4.79 Å². The second-order valence-corrected chi connectivity index (χ2v) is 4.50. The summed E-state index contributed by atoms with van der Waals surface area (Å²) in [6, 6.07) is 8.32. The summed E-state index contributed by atoms with van der Waals surface area (Å²) in [5.41, 5.74) is 2.49. The molecule has 0 fully saturated rings. The summed E-state index contributed by atoms with van der Waals surface area (Å²) >= 11 is 0. The molecule has 2 nitrogen and oxygen atoms in total. The van der Waals surface area contributed by atoms with Gasteiger partial charge in [-0.2, -0.15) is 0 Å². The summed E-state index contributed by atoms with van der Waals surface area (Å²) in [4.78, 5) is 10.9. The third-order valence-corrected chi connectivity index (χ3v) is 3.42. The molecule has 2 unspecified atom stereocenters. The smallest absolute Gasteiger partial charge is 0.123 e. The molecule has 1 heterocycles. The molecule has 1 aromatic carbocycles. The molecule has 0 spiro atoms. The van der Waals surface area contributed by atoms with Crippen molar-refractivity contribution in [1.82, 2.24) is 4.57 Å². The quantitative estimate of drug-likeness (QED) is 0.721. The standard InChI is InChI=1S/C14H17NO/c1-10(9-16)11(2)13-8-15(3)14-7-5-4-6-12(13)14/h4-11H,1-3H3. The fourth-order valence-corrected chi connectivity index (χ4v) is 2.14. The van der Waals surface area contributed by atoms with Gasteiger partial charge in [0.25, 0.3) is 0 Å². The SMILES string of the molecule is CC(C=O)C(C)c1cn(C)c2ccccc12. The fourth-order valence-electron chi connectivity index (χ4n) is 2.14. The number of hydrogen-bond acceptors (Lipinski definition) is 1. The summed E-state index contributed by atoms with van der Waals surface area (Å²) in [5, 5.41) is 1.26. The first-order chi connectivity index (χ1) is 7.65. The molecular weight excluding hydrogens is 198 g/mol. The van der Waals surface area contributed by atoms with Crippen LogP contribution in [0, 0.1) is 5.92 Å². The third kappa shape index (κ3) is 1.64. The van der Waals surface area contributed by atoms with E-state index in [0.29, 0.717) is 0 Å². The van der Waals surface area contributed by atoms with Crippen molar-refractivity contribution in [1.29, 1.82) is 0 Å². The van der Waals surface area contributed by atoms with E-state index >= 15 is 0 Å². The highest BCUT2D eigenvalue weighted by Gasteiger charge is 2.17. The largest absolute Gasteiger partial charge is 0.350 e. The number of rotatable bonds is 3. The van der Waals surface area contributed by atoms with Crippen LogP contribution in [0.3, 0.4) is 0 Å². The van der Waals surface area contributed by atoms with Gasteiger partial charge in [0, 0.05) is 30.1 Å². The van der Waals surface area contributed by atoms with Gasteiger partial charge in [0.2, 0.25) is 0 Å². The summed E-state index contributed by atoms with van der Waals surface area (Å²) in [6.45, 7) is 4.08. The number of fused-ring (bicyclic) bond motifs is 1. The minimum atomic E-state index is 0.0609. The van der Waals surface area contributed by atoms with Crippen LogP contribution < -0.4 is 0 Å². The average Bonchev–Trinajstić information content (AvgIpc) is 2.65. The number of aromatic nitrogens is 1. The van der Waals surface area contributed by atoms with Crippen molar-refractivity contribution in [3.63, 3.8) is 0 Å². The van der Waals surface area contributed by atoms with E-state index < -0.39 is 0 Å². The number of aldehydes is 1. The maximum absolute atomic E-state index is 10.9. The van der Waals surface area contributed by atoms with Gasteiger partial charge in [-0.05, 0) is 17.5 Å². The Labute approximate surface area is 95.9 Å². The molecule has 2 aromatic rings. The first-order valence-corrected chi connectivity index (χ1v) is 5.64. The van der Waals surface area contributed by atoms with Crippen molar-refractivity contribution in [2.45, 2.75) is 19.8 Å². The predicted octanol–water partition coefficient (Wildman–Crippen LogP) is 3.12. The highest BCUT2D eigenvalue weighted by atomic mass is 16.1. The van der Waals surface area contributed by atoms with Gasteiger partial charge in [-0.15, -0.1) is 0 Å². The molecule has 2 heteroatoms. The molecule has 16 heavy (non-hydrogen) atoms. The van der Waals surface area contributed by atoms with Crippen LogP contribution in [-0.2, 0) is 11.8 Å². The molecule has 0 aliphatic rings. The number of para-hydroxylation sites is 1. The van der Waals surface area contributed by atoms with Crippen LogP contribution in [0.5, 0.6) is 0 Å². The summed E-state index contributed by atoms with van der Waals surface area (Å²) in [7, 11) is 2.05. The molecule has 1 aromatic heterocycles. The Balaban J connectivity index is 2.56. The highest BCUT2D eigenvalue weighted by Crippen LogP contribution is 2.30. The zero-order chi connectivity index (χ0) is 11.7. The Hall–Kier alpha value is -1.57. The maximum Gasteiger partial charge on any atom is 0.123 e. The lowest BCUT2D eigenvalue weighted by atomic mass is 9.90. The first-order valence-electron chi connectivity index (χ1n) is 5.64. The van der Waals surface area contributed by atoms with E-state index in [1.54, 1.807) is 0 Å². The van der Waals surface area contributed by atoms with Crippen molar-refractivity contribution in [3.8, 4) is 0 Å². The normalized spacial score (nSPS) is 14.9. The molecular formula is C14H17NO. The van der Waals surface area contributed by atoms with E-state index in [0.717, 1.165) is 6.29 Å². The Bertz CT molecular complexity index is 512. The van der Waals surface area contributed by atoms with Gasteiger partial charge in [-0.1, -0.05) is 32.0 Å². The van der Waals surface area contributed by atoms with E-state index in [-0.39, 0.29) is 11.8 Å². The molecule has 0 radical (unpaired) electrons. The predicted molar refractivity (Wildman–Crippen MR) is 66.6 cm³/mol. The van der Waals surface area contributed by atoms with Gasteiger partial charge < -0.3 is 9.36 Å². The Kier molecular flexibility index (Phi) is 2.82. The number of nitrogens with zero attached hydrogens (tertiary/aromatic N) is 1. The Morgan fingerprint density at radius 2 is 1.94 bits per heavy atom. The molecule has 0 aliphatic carbocycles. The highest BCUT2D eigenvalue weighted by molar-refractivity contribution is 5.84. The van der Waals surface area contributed by atoms with E-state index in [4.69, 9.17) is 0 Å². The van der Waals surface area contributed by atoms with Crippen LogP contribution in [0.2, 0.25) is 0 Å². The van der Waals surface area contributed by atoms with Gasteiger partial charge in [-0.3, -0.25) is 0 Å². The van der Waals surface area contributed by atoms with E-state index in [9.17, 15) is 4.79 Å². The van der Waals surface area contributed by atoms with Gasteiger partial charge in [0.05, 0.1) is 0 Å². The summed E-state index contributed by atoms with van der Waals surface area (Å²) in [6.07, 6.45) is 3.17. The number of hydrogen-bond donors (Lipinski definition) is 0. The minimum Gasteiger partial charge on any atom is -0.350 e. The van der Waals surface area contributed by atoms with Crippen LogP contribution >= 0.6 is 0 Å². The molecule has 2 atom stereocenters. The van der Waals surface area contributed by atoms with Gasteiger partial charge in [-0.25, -0.2) is 0 Å². The van der Waals surface area contributed by atoms with Crippen molar-refractivity contribution in [2.24, 2.45) is 13.0 Å². The van der Waals surface area contributed by atoms with Crippen LogP contribution in [0.1, 0.15) is 25.3 Å². The van der Waals surface area contributed by atoms with Crippen molar-refractivity contribution in [2.75, 3.05) is 0 Å². The number of aryl methyl sites for hydroxylation is 1. The molecule has 0 N–H and O–H groups in total. The van der Waals surface area contributed by atoms with Crippen molar-refractivity contribution >= 4 is 17.2 Å². The summed E-state index contributed by atoms with van der Waals surface area (Å²) < 4.78 is 2.12. The molecule has 0 amide bonds. The molecule has 0 aliphatic heterocycles. The van der Waals surface area contributed by atoms with Crippen LogP contribution in [0.25, 0.3) is 10.9 Å². The second-order valence-electron chi connectivity index (χ2n) is 4.50. The first kappa shape index (κ1) is 10.9. The Morgan fingerprint density at radius 3 is 2.62 bits per heavy atom. The van der Waals surface area contributed by atoms with E-state index in [2.05, 4.69) is 29.8 Å². The van der Waals surface area contributed by atoms with E-state index in [1.807, 2.05) is 26.1 Å². The van der Waals surface area contributed by atoms with E-state index in [1.165, 1.54) is 16.5 Å². The van der Waals surface area contributed by atoms with Gasteiger partial charge in [0.1, 0.15) is 6.29 Å². The van der Waals surface area contributed by atoms with Crippen LogP contribution in [-0.4, -0.2) is 10.9 Å². The second kappa shape index (κ2) is 4.12. The number of benzene rings is 1. The monoisotopic (exact) mass is 215 g/mol. The molecule has 0 bridgehead atoms. The fraction of sp³-hybridized carbons (Fsp3) is 0.357. The number of carbonyl (C=O) groups excluding carboxylic acids is 1. The summed E-state index contributed by atoms with van der Waals surface area (Å²) in [5.74, 6) is 0.328. The van der Waals surface area contributed by atoms with Crippen LogP contribution in [0.4, 0.5) is 0 Å². The Morgan fingerprint density at radius 1 is 1.25 bits per heavy atom. The topological polar surface area (TPSA) is 22.0 Å². The van der Waals surface area contributed by atoms with Gasteiger partial charge in [0.15, 0.2) is 0 Å². The lowest BCUT2D eigenvalue weighted by Crippen LogP contribution is -2.06. The molecule has 0 saturated heterocycles. The lowest BCUT2D eigenvalue weighted by molar-refractivity contribution is -0.111.